The number of hydrogen-bond donors (Lipinski definition) is 0. The van der Waals surface area contributed by atoms with Gasteiger partial charge in [0.1, 0.15) is 0 Å². The molecule has 0 aliphatic rings. The standard InChI is InChI=1S/Co.F2S/c;1-3-2. The topological polar surface area (TPSA) is 0 Å². The molecule has 4 heavy (non-hydrogen) atoms. The van der Waals surface area contributed by atoms with E-state index in [0.717, 1.165) is 0 Å². The first-order valence-corrected chi connectivity index (χ1v) is 0.926. The zero-order chi connectivity index (χ0) is 2.71. The van der Waals surface area contributed by atoms with Crippen molar-refractivity contribution in [3.05, 3.63) is 0 Å². The molecule has 29 valence electrons. The van der Waals surface area contributed by atoms with E-state index < -0.39 is 12.5 Å². The molecule has 0 N–H and O–H groups in total. The van der Waals surface area contributed by atoms with Gasteiger partial charge in [-0.15, -0.1) is 7.77 Å². The Balaban J connectivity index is 0. The molecule has 0 fully saturated rings. The molecule has 0 aliphatic carbocycles. The molecule has 0 nitrogen and oxygen atoms in total. The minimum Gasteiger partial charge on any atom is -0.127 e. The first-order valence-electron chi connectivity index (χ1n) is 0.309. The third kappa shape index (κ3) is 15.6. The molecule has 0 aromatic carbocycles. The van der Waals surface area contributed by atoms with Gasteiger partial charge in [-0.1, -0.05) is 0 Å². The van der Waals surface area contributed by atoms with Gasteiger partial charge in [0.15, 0.2) is 0 Å². The van der Waals surface area contributed by atoms with E-state index in [0.29, 0.717) is 0 Å². The zero-order valence-electron chi connectivity index (χ0n) is 1.50. The molecule has 1 radical (unpaired) electrons. The number of halogens is 2. The Labute approximate surface area is 37.7 Å². The molecule has 0 unspecified atom stereocenters. The van der Waals surface area contributed by atoms with Gasteiger partial charge >= 0.3 is 0 Å². The van der Waals surface area contributed by atoms with Crippen LogP contribution in [-0.4, -0.2) is 0 Å². The minimum absolute atomic E-state index is 0. The summed E-state index contributed by atoms with van der Waals surface area (Å²) in [5, 5.41) is 0. The molecule has 0 aromatic heterocycles. The zero-order valence-corrected chi connectivity index (χ0v) is 3.36. The van der Waals surface area contributed by atoms with Gasteiger partial charge in [0.25, 0.3) is 12.5 Å². The van der Waals surface area contributed by atoms with Gasteiger partial charge in [0.2, 0.25) is 0 Å². The van der Waals surface area contributed by atoms with E-state index in [2.05, 4.69) is 0 Å². The van der Waals surface area contributed by atoms with Gasteiger partial charge in [0.05, 0.1) is 0 Å². The number of rotatable bonds is 0. The van der Waals surface area contributed by atoms with Crippen LogP contribution in [0.1, 0.15) is 0 Å². The van der Waals surface area contributed by atoms with Crippen molar-refractivity contribution in [1.82, 2.24) is 0 Å². The summed E-state index contributed by atoms with van der Waals surface area (Å²) >= 11 is -1.25. The summed E-state index contributed by atoms with van der Waals surface area (Å²) in [6.07, 6.45) is 0. The largest absolute Gasteiger partial charge is 0.255 e. The second kappa shape index (κ2) is 9.31. The molecule has 4 heteroatoms. The molecule has 0 saturated carbocycles. The fraction of sp³-hybridized carbons (Fsp3) is 0. The Morgan fingerprint density at radius 3 is 1.25 bits per heavy atom. The first-order chi connectivity index (χ1) is 1.41. The molecule has 0 bridgehead atoms. The summed E-state index contributed by atoms with van der Waals surface area (Å²) in [7, 11) is 0. The predicted molar refractivity (Wildman–Crippen MR) is 9.81 cm³/mol. The van der Waals surface area contributed by atoms with E-state index in [-0.39, 0.29) is 16.8 Å². The van der Waals surface area contributed by atoms with Crippen molar-refractivity contribution < 1.29 is 24.6 Å². The SMILES string of the molecule is FSF.[Co]. The van der Waals surface area contributed by atoms with E-state index >= 15 is 0 Å². The van der Waals surface area contributed by atoms with E-state index in [1.807, 2.05) is 0 Å². The van der Waals surface area contributed by atoms with Crippen LogP contribution in [0.5, 0.6) is 0 Å². The Bertz CT molecular complexity index is 6.00. The molecule has 0 aromatic rings. The fourth-order valence-corrected chi connectivity index (χ4v) is 0. The van der Waals surface area contributed by atoms with Gasteiger partial charge in [-0.25, -0.2) is 0 Å². The van der Waals surface area contributed by atoms with Crippen LogP contribution >= 0.6 is 12.5 Å². The first kappa shape index (κ1) is 8.83. The molecule has 0 atom stereocenters. The maximum Gasteiger partial charge on any atom is 0.255 e. The van der Waals surface area contributed by atoms with Crippen LogP contribution in [0.25, 0.3) is 0 Å². The average Bonchev–Trinajstić information content (AvgIpc) is 0.918. The van der Waals surface area contributed by atoms with Crippen LogP contribution in [0.3, 0.4) is 0 Å². The summed E-state index contributed by atoms with van der Waals surface area (Å²) in [6, 6.07) is 0. The molecule has 0 rings (SSSR count). The van der Waals surface area contributed by atoms with Crippen molar-refractivity contribution in [1.29, 1.82) is 0 Å². The second-order valence-electron chi connectivity index (χ2n) is 0.0583. The monoisotopic (exact) mass is 129 g/mol. The van der Waals surface area contributed by atoms with Crippen molar-refractivity contribution in [3.8, 4) is 0 Å². The van der Waals surface area contributed by atoms with Crippen LogP contribution in [0.2, 0.25) is 0 Å². The second-order valence-corrected chi connectivity index (χ2v) is 0.175. The Morgan fingerprint density at radius 2 is 1.25 bits per heavy atom. The van der Waals surface area contributed by atoms with Crippen molar-refractivity contribution in [2.75, 3.05) is 0 Å². The minimum atomic E-state index is -1.25. The van der Waals surface area contributed by atoms with Gasteiger partial charge in [0, 0.05) is 16.8 Å². The number of hydrogen-bond acceptors (Lipinski definition) is 1. The quantitative estimate of drug-likeness (QED) is 0.477. The van der Waals surface area contributed by atoms with Crippen molar-refractivity contribution in [3.63, 3.8) is 0 Å². The van der Waals surface area contributed by atoms with Crippen molar-refractivity contribution in [2.24, 2.45) is 0 Å². The van der Waals surface area contributed by atoms with Crippen LogP contribution in [-0.2, 0) is 16.8 Å². The van der Waals surface area contributed by atoms with Crippen LogP contribution < -0.4 is 0 Å². The third-order valence-corrected chi connectivity index (χ3v) is 0. The van der Waals surface area contributed by atoms with E-state index in [1.54, 1.807) is 0 Å². The van der Waals surface area contributed by atoms with Gasteiger partial charge in [-0.2, -0.15) is 0 Å². The summed E-state index contributed by atoms with van der Waals surface area (Å²) in [5.74, 6) is 0. The molecular formula is CoF2S. The third-order valence-electron chi connectivity index (χ3n) is 0. The summed E-state index contributed by atoms with van der Waals surface area (Å²) in [5.41, 5.74) is 0. The van der Waals surface area contributed by atoms with Crippen molar-refractivity contribution in [2.45, 2.75) is 0 Å². The van der Waals surface area contributed by atoms with Crippen molar-refractivity contribution >= 4 is 12.5 Å². The average molecular weight is 129 g/mol. The molecule has 0 amide bonds. The molecule has 0 saturated heterocycles. The molecule has 0 spiro atoms. The van der Waals surface area contributed by atoms with E-state index in [4.69, 9.17) is 0 Å². The Hall–Kier alpha value is 0.716. The van der Waals surface area contributed by atoms with E-state index in [9.17, 15) is 7.77 Å². The maximum absolute atomic E-state index is 9.54. The Kier molecular flexibility index (Phi) is 20.5. The smallest absolute Gasteiger partial charge is 0.127 e. The molecular weight excluding hydrogens is 129 g/mol. The summed E-state index contributed by atoms with van der Waals surface area (Å²) < 4.78 is 19.1. The predicted octanol–water partition coefficient (Wildman–Crippen LogP) is 1.49. The Morgan fingerprint density at radius 1 is 1.25 bits per heavy atom. The fourth-order valence-electron chi connectivity index (χ4n) is 0. The maximum atomic E-state index is 9.54. The van der Waals surface area contributed by atoms with Crippen LogP contribution in [0.4, 0.5) is 7.77 Å². The van der Waals surface area contributed by atoms with E-state index in [1.165, 1.54) is 0 Å². The van der Waals surface area contributed by atoms with Crippen LogP contribution in [0, 0.1) is 0 Å². The normalized spacial score (nSPS) is 4.50. The molecule has 0 aliphatic heterocycles. The van der Waals surface area contributed by atoms with Gasteiger partial charge < -0.3 is 0 Å². The van der Waals surface area contributed by atoms with Gasteiger partial charge in [-0.05, 0) is 0 Å². The summed E-state index contributed by atoms with van der Waals surface area (Å²) in [4.78, 5) is 0. The summed E-state index contributed by atoms with van der Waals surface area (Å²) in [6.45, 7) is 0. The van der Waals surface area contributed by atoms with Crippen LogP contribution in [0.15, 0.2) is 0 Å². The molecule has 0 heterocycles. The van der Waals surface area contributed by atoms with Gasteiger partial charge in [-0.3, -0.25) is 0 Å².